The standard InChI is InChI=1S/C11H4Cl2F4N2/c12-7-2-1-5(14)3-6(7)8-4-9(13)19-10(18-8)11(15,16)17/h1-4H. The molecule has 0 atom stereocenters. The fourth-order valence-corrected chi connectivity index (χ4v) is 1.77. The normalized spacial score (nSPS) is 11.7. The highest BCUT2D eigenvalue weighted by Crippen LogP contribution is 2.32. The van der Waals surface area contributed by atoms with Gasteiger partial charge in [0.1, 0.15) is 11.0 Å². The van der Waals surface area contributed by atoms with E-state index in [-0.39, 0.29) is 16.3 Å². The Morgan fingerprint density at radius 1 is 1.00 bits per heavy atom. The molecule has 19 heavy (non-hydrogen) atoms. The summed E-state index contributed by atoms with van der Waals surface area (Å²) >= 11 is 11.3. The van der Waals surface area contributed by atoms with Crippen LogP contribution >= 0.6 is 23.2 Å². The lowest BCUT2D eigenvalue weighted by Crippen LogP contribution is -2.11. The highest BCUT2D eigenvalue weighted by Gasteiger charge is 2.35. The quantitative estimate of drug-likeness (QED) is 0.568. The highest BCUT2D eigenvalue weighted by atomic mass is 35.5. The van der Waals surface area contributed by atoms with Crippen LogP contribution in [0.1, 0.15) is 5.82 Å². The number of benzene rings is 1. The lowest BCUT2D eigenvalue weighted by atomic mass is 10.1. The minimum atomic E-state index is -4.75. The van der Waals surface area contributed by atoms with Crippen LogP contribution in [0.5, 0.6) is 0 Å². The lowest BCUT2D eigenvalue weighted by Gasteiger charge is -2.09. The number of nitrogens with zero attached hydrogens (tertiary/aromatic N) is 2. The summed E-state index contributed by atoms with van der Waals surface area (Å²) in [5.41, 5.74) is -0.187. The molecule has 0 N–H and O–H groups in total. The van der Waals surface area contributed by atoms with Gasteiger partial charge in [0.25, 0.3) is 0 Å². The molecule has 1 heterocycles. The minimum Gasteiger partial charge on any atom is -0.224 e. The number of rotatable bonds is 1. The molecule has 100 valence electrons. The zero-order chi connectivity index (χ0) is 14.2. The number of alkyl halides is 3. The summed E-state index contributed by atoms with van der Waals surface area (Å²) in [5.74, 6) is -2.06. The molecule has 2 nitrogen and oxygen atoms in total. The molecule has 1 aromatic heterocycles. The van der Waals surface area contributed by atoms with Crippen molar-refractivity contribution in [1.82, 2.24) is 9.97 Å². The molecule has 0 aliphatic rings. The largest absolute Gasteiger partial charge is 0.451 e. The molecule has 8 heteroatoms. The topological polar surface area (TPSA) is 25.8 Å². The van der Waals surface area contributed by atoms with Crippen molar-refractivity contribution in [3.05, 3.63) is 46.1 Å². The average Bonchev–Trinajstić information content (AvgIpc) is 2.30. The molecule has 0 saturated heterocycles. The molecule has 0 fully saturated rings. The van der Waals surface area contributed by atoms with Gasteiger partial charge in [-0.05, 0) is 18.2 Å². The van der Waals surface area contributed by atoms with E-state index in [2.05, 4.69) is 9.97 Å². The molecule has 0 bridgehead atoms. The van der Waals surface area contributed by atoms with Crippen molar-refractivity contribution in [2.75, 3.05) is 0 Å². The molecule has 0 spiro atoms. The fourth-order valence-electron chi connectivity index (χ4n) is 1.38. The van der Waals surface area contributed by atoms with Crippen LogP contribution in [0, 0.1) is 5.82 Å². The maximum atomic E-state index is 13.1. The van der Waals surface area contributed by atoms with Crippen LogP contribution in [0.15, 0.2) is 24.3 Å². The third kappa shape index (κ3) is 3.13. The average molecular weight is 311 g/mol. The molecule has 0 saturated carbocycles. The van der Waals surface area contributed by atoms with Crippen LogP contribution in [-0.4, -0.2) is 9.97 Å². The predicted molar refractivity (Wildman–Crippen MR) is 62.4 cm³/mol. The van der Waals surface area contributed by atoms with Crippen LogP contribution in [0.25, 0.3) is 11.3 Å². The third-order valence-corrected chi connectivity index (χ3v) is 2.68. The molecule has 0 radical (unpaired) electrons. The number of aromatic nitrogens is 2. The zero-order valence-electron chi connectivity index (χ0n) is 8.97. The van der Waals surface area contributed by atoms with Crippen molar-refractivity contribution in [2.24, 2.45) is 0 Å². The van der Waals surface area contributed by atoms with Gasteiger partial charge in [0, 0.05) is 11.6 Å². The summed E-state index contributed by atoms with van der Waals surface area (Å²) in [6.45, 7) is 0. The van der Waals surface area contributed by atoms with Gasteiger partial charge in [0.05, 0.1) is 10.7 Å². The van der Waals surface area contributed by atoms with Crippen molar-refractivity contribution in [3.8, 4) is 11.3 Å². The maximum absolute atomic E-state index is 13.1. The van der Waals surface area contributed by atoms with Gasteiger partial charge in [-0.1, -0.05) is 23.2 Å². The summed E-state index contributed by atoms with van der Waals surface area (Å²) in [5, 5.41) is -0.345. The molecule has 0 unspecified atom stereocenters. The van der Waals surface area contributed by atoms with Crippen molar-refractivity contribution in [2.45, 2.75) is 6.18 Å². The first-order valence-corrected chi connectivity index (χ1v) is 5.60. The number of hydrogen-bond donors (Lipinski definition) is 0. The summed E-state index contributed by atoms with van der Waals surface area (Å²) in [7, 11) is 0. The summed E-state index contributed by atoms with van der Waals surface area (Å²) in [6.07, 6.45) is -4.75. The monoisotopic (exact) mass is 310 g/mol. The first kappa shape index (κ1) is 14.0. The number of hydrogen-bond acceptors (Lipinski definition) is 2. The Kier molecular flexibility index (Phi) is 3.64. The van der Waals surface area contributed by atoms with E-state index in [4.69, 9.17) is 23.2 Å². The minimum absolute atomic E-state index is 0.0106. The second-order valence-electron chi connectivity index (χ2n) is 3.52. The Balaban J connectivity index is 2.63. The first-order valence-electron chi connectivity index (χ1n) is 4.84. The van der Waals surface area contributed by atoms with Gasteiger partial charge in [0.2, 0.25) is 5.82 Å². The zero-order valence-corrected chi connectivity index (χ0v) is 10.5. The van der Waals surface area contributed by atoms with Crippen molar-refractivity contribution >= 4 is 23.2 Å². The van der Waals surface area contributed by atoms with E-state index in [1.165, 1.54) is 6.07 Å². The van der Waals surface area contributed by atoms with Crippen molar-refractivity contribution in [3.63, 3.8) is 0 Å². The molecule has 2 aromatic rings. The van der Waals surface area contributed by atoms with Crippen LogP contribution in [0.4, 0.5) is 17.6 Å². The summed E-state index contributed by atoms with van der Waals surface area (Å²) in [6, 6.07) is 4.35. The Bertz CT molecular complexity index is 629. The van der Waals surface area contributed by atoms with E-state index >= 15 is 0 Å². The highest BCUT2D eigenvalue weighted by molar-refractivity contribution is 6.33. The van der Waals surface area contributed by atoms with Crippen molar-refractivity contribution < 1.29 is 17.6 Å². The first-order chi connectivity index (χ1) is 8.77. The van der Waals surface area contributed by atoms with Crippen LogP contribution in [0.2, 0.25) is 10.2 Å². The second-order valence-corrected chi connectivity index (χ2v) is 4.32. The van der Waals surface area contributed by atoms with E-state index in [0.717, 1.165) is 18.2 Å². The van der Waals surface area contributed by atoms with Crippen LogP contribution in [-0.2, 0) is 6.18 Å². The predicted octanol–water partition coefficient (Wildman–Crippen LogP) is 4.61. The molecule has 0 aliphatic heterocycles. The molecule has 0 aliphatic carbocycles. The van der Waals surface area contributed by atoms with Crippen LogP contribution < -0.4 is 0 Å². The van der Waals surface area contributed by atoms with Gasteiger partial charge >= 0.3 is 6.18 Å². The van der Waals surface area contributed by atoms with Gasteiger partial charge in [-0.15, -0.1) is 0 Å². The summed E-state index contributed by atoms with van der Waals surface area (Å²) in [4.78, 5) is 6.38. The molecule has 1 aromatic carbocycles. The van der Waals surface area contributed by atoms with E-state index < -0.39 is 23.0 Å². The maximum Gasteiger partial charge on any atom is 0.451 e. The van der Waals surface area contributed by atoms with E-state index in [0.29, 0.717) is 0 Å². The van der Waals surface area contributed by atoms with Gasteiger partial charge < -0.3 is 0 Å². The Morgan fingerprint density at radius 2 is 1.68 bits per heavy atom. The van der Waals surface area contributed by atoms with Crippen molar-refractivity contribution in [1.29, 1.82) is 0 Å². The summed E-state index contributed by atoms with van der Waals surface area (Å²) < 4.78 is 50.8. The Morgan fingerprint density at radius 3 is 2.32 bits per heavy atom. The Hall–Kier alpha value is -1.40. The van der Waals surface area contributed by atoms with E-state index in [1.54, 1.807) is 0 Å². The molecular weight excluding hydrogens is 307 g/mol. The molecule has 2 rings (SSSR count). The molecule has 0 amide bonds. The fraction of sp³-hybridized carbons (Fsp3) is 0.0909. The SMILES string of the molecule is Fc1ccc(Cl)c(-c2cc(Cl)nc(C(F)(F)F)n2)c1. The number of halogens is 6. The smallest absolute Gasteiger partial charge is 0.224 e. The van der Waals surface area contributed by atoms with E-state index in [1.807, 2.05) is 0 Å². The second kappa shape index (κ2) is 4.94. The van der Waals surface area contributed by atoms with Crippen LogP contribution in [0.3, 0.4) is 0 Å². The van der Waals surface area contributed by atoms with Gasteiger partial charge in [-0.25, -0.2) is 14.4 Å². The van der Waals surface area contributed by atoms with E-state index in [9.17, 15) is 17.6 Å². The molecular formula is C11H4Cl2F4N2. The third-order valence-electron chi connectivity index (χ3n) is 2.15. The van der Waals surface area contributed by atoms with Gasteiger partial charge in [0.15, 0.2) is 0 Å². The van der Waals surface area contributed by atoms with Gasteiger partial charge in [-0.3, -0.25) is 0 Å². The lowest BCUT2D eigenvalue weighted by molar-refractivity contribution is -0.144. The Labute approximate surface area is 115 Å². The van der Waals surface area contributed by atoms with Gasteiger partial charge in [-0.2, -0.15) is 13.2 Å².